The first kappa shape index (κ1) is 20.4. The first-order valence-corrected chi connectivity index (χ1v) is 10.5. The first-order valence-electron chi connectivity index (χ1n) is 10.5. The van der Waals surface area contributed by atoms with Crippen LogP contribution in [0.5, 0.6) is 0 Å². The van der Waals surface area contributed by atoms with Crippen LogP contribution in [0.1, 0.15) is 15.9 Å². The Morgan fingerprint density at radius 1 is 0.970 bits per heavy atom. The van der Waals surface area contributed by atoms with E-state index in [0.717, 1.165) is 22.5 Å². The summed E-state index contributed by atoms with van der Waals surface area (Å²) < 4.78 is 1.77. The third-order valence-corrected chi connectivity index (χ3v) is 5.84. The van der Waals surface area contributed by atoms with Crippen molar-refractivity contribution in [3.05, 3.63) is 78.0 Å². The topological polar surface area (TPSA) is 94.6 Å². The fourth-order valence-corrected chi connectivity index (χ4v) is 3.84. The smallest absolute Gasteiger partial charge is 0.254 e. The molecule has 0 bridgehead atoms. The van der Waals surface area contributed by atoms with Gasteiger partial charge in [-0.1, -0.05) is 24.3 Å². The van der Waals surface area contributed by atoms with Crippen molar-refractivity contribution in [1.82, 2.24) is 24.4 Å². The second-order valence-electron chi connectivity index (χ2n) is 7.94. The molecule has 0 spiro atoms. The molecule has 1 aliphatic rings. The molecule has 1 aliphatic heterocycles. The molecule has 3 heterocycles. The molecule has 0 saturated carbocycles. The van der Waals surface area contributed by atoms with Crippen molar-refractivity contribution in [1.29, 1.82) is 5.26 Å². The number of aromatic nitrogens is 3. The van der Waals surface area contributed by atoms with Crippen LogP contribution < -0.4 is 0 Å². The number of hydrogen-bond donors (Lipinski definition) is 0. The molecule has 33 heavy (non-hydrogen) atoms. The third-order valence-electron chi connectivity index (χ3n) is 5.84. The second-order valence-corrected chi connectivity index (χ2v) is 7.94. The van der Waals surface area contributed by atoms with E-state index in [1.54, 1.807) is 51.8 Å². The molecule has 8 nitrogen and oxygen atoms in total. The number of hydrogen-bond acceptors (Lipinski definition) is 5. The van der Waals surface area contributed by atoms with Gasteiger partial charge in [0, 0.05) is 36.8 Å². The highest BCUT2D eigenvalue weighted by Gasteiger charge is 2.25. The van der Waals surface area contributed by atoms with Crippen molar-refractivity contribution in [3.63, 3.8) is 0 Å². The summed E-state index contributed by atoms with van der Waals surface area (Å²) in [6, 6.07) is 20.4. The number of fused-ring (bicyclic) bond motifs is 1. The SMILES string of the molecule is CN1CCN(C(=O)c2ccc(-c3ccc4ncc(-c5ccc(C#N)cc5)n4n3)cc2)CC1=O. The van der Waals surface area contributed by atoms with Gasteiger partial charge in [-0.3, -0.25) is 9.59 Å². The standard InChI is InChI=1S/C25H20N6O2/c1-29-12-13-30(16-24(29)32)25(33)20-8-6-18(7-9-20)21-10-11-23-27-15-22(31(23)28-21)19-4-2-17(14-26)3-5-19/h2-11,15H,12-13,16H2,1H3. The number of carbonyl (C=O) groups excluding carboxylic acids is 2. The van der Waals surface area contributed by atoms with Crippen LogP contribution in [0, 0.1) is 11.3 Å². The lowest BCUT2D eigenvalue weighted by Gasteiger charge is -2.32. The van der Waals surface area contributed by atoms with E-state index in [1.165, 1.54) is 0 Å². The number of imidazole rings is 1. The highest BCUT2D eigenvalue weighted by molar-refractivity contribution is 5.97. The Balaban J connectivity index is 1.42. The summed E-state index contributed by atoms with van der Waals surface area (Å²) in [5, 5.41) is 13.8. The van der Waals surface area contributed by atoms with Gasteiger partial charge in [-0.25, -0.2) is 9.50 Å². The van der Waals surface area contributed by atoms with Gasteiger partial charge in [0.2, 0.25) is 5.91 Å². The van der Waals surface area contributed by atoms with E-state index in [-0.39, 0.29) is 18.4 Å². The summed E-state index contributed by atoms with van der Waals surface area (Å²) in [6.07, 6.45) is 1.76. The summed E-state index contributed by atoms with van der Waals surface area (Å²) in [5.74, 6) is -0.203. The number of amides is 2. The lowest BCUT2D eigenvalue weighted by molar-refractivity contribution is -0.133. The van der Waals surface area contributed by atoms with Gasteiger partial charge < -0.3 is 9.80 Å². The van der Waals surface area contributed by atoms with Crippen molar-refractivity contribution in [3.8, 4) is 28.6 Å². The molecule has 4 aromatic rings. The van der Waals surface area contributed by atoms with Crippen molar-refractivity contribution in [2.75, 3.05) is 26.7 Å². The summed E-state index contributed by atoms with van der Waals surface area (Å²) in [5.41, 5.74) is 5.18. The van der Waals surface area contributed by atoms with Crippen molar-refractivity contribution in [2.45, 2.75) is 0 Å². The Labute approximate surface area is 190 Å². The summed E-state index contributed by atoms with van der Waals surface area (Å²) in [6.45, 7) is 1.17. The van der Waals surface area contributed by atoms with Crippen LogP contribution in [0.25, 0.3) is 28.2 Å². The van der Waals surface area contributed by atoms with E-state index >= 15 is 0 Å². The number of piperazine rings is 1. The maximum atomic E-state index is 12.8. The molecule has 5 rings (SSSR count). The monoisotopic (exact) mass is 436 g/mol. The molecule has 1 saturated heterocycles. The van der Waals surface area contributed by atoms with E-state index in [0.29, 0.717) is 29.9 Å². The maximum Gasteiger partial charge on any atom is 0.254 e. The minimum absolute atomic E-state index is 0.0536. The lowest BCUT2D eigenvalue weighted by Crippen LogP contribution is -2.50. The number of rotatable bonds is 3. The van der Waals surface area contributed by atoms with Gasteiger partial charge in [0.05, 0.1) is 29.2 Å². The van der Waals surface area contributed by atoms with Crippen molar-refractivity contribution in [2.24, 2.45) is 0 Å². The zero-order valence-corrected chi connectivity index (χ0v) is 18.0. The fraction of sp³-hybridized carbons (Fsp3) is 0.160. The Hall–Kier alpha value is -4.51. The average Bonchev–Trinajstić information content (AvgIpc) is 3.29. The minimum Gasteiger partial charge on any atom is -0.342 e. The van der Waals surface area contributed by atoms with Gasteiger partial charge >= 0.3 is 0 Å². The van der Waals surface area contributed by atoms with Crippen LogP contribution in [0.15, 0.2) is 66.9 Å². The van der Waals surface area contributed by atoms with Crippen LogP contribution >= 0.6 is 0 Å². The molecule has 0 aliphatic carbocycles. The number of nitriles is 1. The number of nitrogens with zero attached hydrogens (tertiary/aromatic N) is 6. The molecule has 0 N–H and O–H groups in total. The van der Waals surface area contributed by atoms with E-state index in [1.807, 2.05) is 36.4 Å². The summed E-state index contributed by atoms with van der Waals surface area (Å²) in [4.78, 5) is 32.4. The molecule has 2 aromatic carbocycles. The van der Waals surface area contributed by atoms with Gasteiger partial charge in [0.15, 0.2) is 5.65 Å². The van der Waals surface area contributed by atoms with Crippen LogP contribution in [-0.4, -0.2) is 62.9 Å². The van der Waals surface area contributed by atoms with Crippen LogP contribution in [0.2, 0.25) is 0 Å². The van der Waals surface area contributed by atoms with E-state index < -0.39 is 0 Å². The highest BCUT2D eigenvalue weighted by Crippen LogP contribution is 2.24. The van der Waals surface area contributed by atoms with E-state index in [4.69, 9.17) is 10.4 Å². The first-order chi connectivity index (χ1) is 16.0. The Kier molecular flexibility index (Phi) is 5.07. The summed E-state index contributed by atoms with van der Waals surface area (Å²) >= 11 is 0. The van der Waals surface area contributed by atoms with Crippen LogP contribution in [0.3, 0.4) is 0 Å². The van der Waals surface area contributed by atoms with Gasteiger partial charge in [-0.2, -0.15) is 10.4 Å². The molecular weight excluding hydrogens is 416 g/mol. The zero-order chi connectivity index (χ0) is 22.9. The zero-order valence-electron chi connectivity index (χ0n) is 18.0. The Bertz CT molecular complexity index is 1400. The number of benzene rings is 2. The normalized spacial score (nSPS) is 13.9. The molecule has 0 unspecified atom stereocenters. The average molecular weight is 436 g/mol. The summed E-state index contributed by atoms with van der Waals surface area (Å²) in [7, 11) is 1.75. The molecule has 8 heteroatoms. The van der Waals surface area contributed by atoms with E-state index in [9.17, 15) is 9.59 Å². The largest absolute Gasteiger partial charge is 0.342 e. The third kappa shape index (κ3) is 3.81. The molecule has 0 radical (unpaired) electrons. The van der Waals surface area contributed by atoms with Crippen molar-refractivity contribution < 1.29 is 9.59 Å². The fourth-order valence-electron chi connectivity index (χ4n) is 3.84. The van der Waals surface area contributed by atoms with Gasteiger partial charge in [0.25, 0.3) is 5.91 Å². The van der Waals surface area contributed by atoms with Crippen molar-refractivity contribution >= 4 is 17.5 Å². The second kappa shape index (κ2) is 8.20. The lowest BCUT2D eigenvalue weighted by atomic mass is 10.1. The molecule has 1 fully saturated rings. The van der Waals surface area contributed by atoms with Crippen LogP contribution in [-0.2, 0) is 4.79 Å². The quantitative estimate of drug-likeness (QED) is 0.492. The van der Waals surface area contributed by atoms with Gasteiger partial charge in [0.1, 0.15) is 6.54 Å². The number of likely N-dealkylation sites (N-methyl/N-ethyl adjacent to an activating group) is 1. The van der Waals surface area contributed by atoms with Crippen LogP contribution in [0.4, 0.5) is 0 Å². The van der Waals surface area contributed by atoms with Gasteiger partial charge in [-0.05, 0) is 36.4 Å². The molecule has 2 aromatic heterocycles. The Morgan fingerprint density at radius 2 is 1.70 bits per heavy atom. The molecule has 2 amide bonds. The molecular formula is C25H20N6O2. The molecule has 0 atom stereocenters. The number of carbonyl (C=O) groups is 2. The predicted molar refractivity (Wildman–Crippen MR) is 122 cm³/mol. The molecule has 162 valence electrons. The minimum atomic E-state index is -0.149. The van der Waals surface area contributed by atoms with Gasteiger partial charge in [-0.15, -0.1) is 0 Å². The van der Waals surface area contributed by atoms with E-state index in [2.05, 4.69) is 11.1 Å². The predicted octanol–water partition coefficient (Wildman–Crippen LogP) is 2.85. The Morgan fingerprint density at radius 3 is 2.39 bits per heavy atom. The highest BCUT2D eigenvalue weighted by atomic mass is 16.2. The maximum absolute atomic E-state index is 12.8.